The SMILES string of the molecule is Cc1ccc(NC(=O)C(C)Nc2cnn(CC(F)F)c2)c(C)c1. The summed E-state index contributed by atoms with van der Waals surface area (Å²) in [5, 5.41) is 9.61. The van der Waals surface area contributed by atoms with Crippen LogP contribution in [0.25, 0.3) is 0 Å². The first kappa shape index (κ1) is 16.9. The molecule has 1 amide bonds. The fourth-order valence-electron chi connectivity index (χ4n) is 2.19. The highest BCUT2D eigenvalue weighted by molar-refractivity contribution is 5.96. The van der Waals surface area contributed by atoms with E-state index in [4.69, 9.17) is 0 Å². The number of nitrogens with zero attached hydrogens (tertiary/aromatic N) is 2. The normalized spacial score (nSPS) is 12.3. The number of amides is 1. The number of rotatable bonds is 6. The van der Waals surface area contributed by atoms with Gasteiger partial charge >= 0.3 is 0 Å². The molecule has 2 rings (SSSR count). The number of carbonyl (C=O) groups excluding carboxylic acids is 1. The third kappa shape index (κ3) is 4.77. The Morgan fingerprint density at radius 3 is 2.74 bits per heavy atom. The van der Waals surface area contributed by atoms with Gasteiger partial charge in [0.1, 0.15) is 12.6 Å². The fraction of sp³-hybridized carbons (Fsp3) is 0.375. The molecule has 0 fully saturated rings. The summed E-state index contributed by atoms with van der Waals surface area (Å²) in [5.74, 6) is -0.210. The number of alkyl halides is 2. The molecule has 2 aromatic rings. The minimum Gasteiger partial charge on any atom is -0.371 e. The lowest BCUT2D eigenvalue weighted by atomic mass is 10.1. The lowest BCUT2D eigenvalue weighted by molar-refractivity contribution is -0.116. The highest BCUT2D eigenvalue weighted by Crippen LogP contribution is 2.17. The van der Waals surface area contributed by atoms with Crippen LogP contribution in [0.1, 0.15) is 18.1 Å². The van der Waals surface area contributed by atoms with Gasteiger partial charge in [0.25, 0.3) is 6.43 Å². The Labute approximate surface area is 133 Å². The van der Waals surface area contributed by atoms with Crippen molar-refractivity contribution in [3.63, 3.8) is 0 Å². The molecule has 5 nitrogen and oxygen atoms in total. The third-order valence-corrected chi connectivity index (χ3v) is 3.37. The molecule has 1 aromatic carbocycles. The molecule has 0 saturated carbocycles. The molecule has 1 aromatic heterocycles. The smallest absolute Gasteiger partial charge is 0.257 e. The second-order valence-corrected chi connectivity index (χ2v) is 5.52. The van der Waals surface area contributed by atoms with E-state index in [0.29, 0.717) is 5.69 Å². The molecule has 0 radical (unpaired) electrons. The first-order valence-electron chi connectivity index (χ1n) is 7.30. The zero-order valence-corrected chi connectivity index (χ0v) is 13.3. The van der Waals surface area contributed by atoms with Crippen molar-refractivity contribution in [1.29, 1.82) is 0 Å². The van der Waals surface area contributed by atoms with Gasteiger partial charge in [-0.1, -0.05) is 17.7 Å². The van der Waals surface area contributed by atoms with Gasteiger partial charge in [0.2, 0.25) is 5.91 Å². The predicted molar refractivity (Wildman–Crippen MR) is 85.9 cm³/mol. The molecular formula is C16H20F2N4O. The van der Waals surface area contributed by atoms with Crippen molar-refractivity contribution in [1.82, 2.24) is 9.78 Å². The van der Waals surface area contributed by atoms with Crippen molar-refractivity contribution in [3.05, 3.63) is 41.7 Å². The zero-order valence-electron chi connectivity index (χ0n) is 13.3. The van der Waals surface area contributed by atoms with Gasteiger partial charge in [-0.2, -0.15) is 5.10 Å². The Kier molecular flexibility index (Phi) is 5.31. The molecule has 0 aliphatic rings. The van der Waals surface area contributed by atoms with E-state index in [1.165, 1.54) is 12.4 Å². The summed E-state index contributed by atoms with van der Waals surface area (Å²) >= 11 is 0. The van der Waals surface area contributed by atoms with Crippen LogP contribution < -0.4 is 10.6 Å². The van der Waals surface area contributed by atoms with Gasteiger partial charge in [-0.15, -0.1) is 0 Å². The molecule has 0 aliphatic carbocycles. The summed E-state index contributed by atoms with van der Waals surface area (Å²) in [5.41, 5.74) is 3.38. The van der Waals surface area contributed by atoms with Crippen molar-refractivity contribution in [3.8, 4) is 0 Å². The topological polar surface area (TPSA) is 59.0 Å². The lowest BCUT2D eigenvalue weighted by Gasteiger charge is -2.15. The van der Waals surface area contributed by atoms with Gasteiger partial charge in [0.05, 0.1) is 11.9 Å². The van der Waals surface area contributed by atoms with Crippen molar-refractivity contribution in [2.75, 3.05) is 10.6 Å². The quantitative estimate of drug-likeness (QED) is 0.858. The number of anilines is 2. The zero-order chi connectivity index (χ0) is 17.0. The first-order chi connectivity index (χ1) is 10.8. The average molecular weight is 322 g/mol. The third-order valence-electron chi connectivity index (χ3n) is 3.37. The molecule has 23 heavy (non-hydrogen) atoms. The van der Waals surface area contributed by atoms with Crippen LogP contribution in [0.15, 0.2) is 30.6 Å². The fourth-order valence-corrected chi connectivity index (χ4v) is 2.19. The number of hydrogen-bond acceptors (Lipinski definition) is 3. The van der Waals surface area contributed by atoms with Crippen molar-refractivity contribution >= 4 is 17.3 Å². The van der Waals surface area contributed by atoms with Crippen molar-refractivity contribution in [2.24, 2.45) is 0 Å². The molecule has 1 heterocycles. The van der Waals surface area contributed by atoms with E-state index in [0.717, 1.165) is 21.5 Å². The molecule has 7 heteroatoms. The van der Waals surface area contributed by atoms with Gasteiger partial charge in [0, 0.05) is 11.9 Å². The van der Waals surface area contributed by atoms with Gasteiger partial charge < -0.3 is 10.6 Å². The van der Waals surface area contributed by atoms with Gasteiger partial charge in [-0.25, -0.2) is 8.78 Å². The number of aromatic nitrogens is 2. The Balaban J connectivity index is 1.95. The summed E-state index contributed by atoms with van der Waals surface area (Å²) in [6, 6.07) is 5.24. The van der Waals surface area contributed by atoms with E-state index in [1.54, 1.807) is 6.92 Å². The Hall–Kier alpha value is -2.44. The summed E-state index contributed by atoms with van der Waals surface area (Å²) in [6.45, 7) is 5.14. The maximum absolute atomic E-state index is 12.3. The van der Waals surface area contributed by atoms with E-state index in [2.05, 4.69) is 15.7 Å². The van der Waals surface area contributed by atoms with E-state index in [-0.39, 0.29) is 5.91 Å². The molecular weight excluding hydrogens is 302 g/mol. The van der Waals surface area contributed by atoms with Crippen LogP contribution in [0.2, 0.25) is 0 Å². The highest BCUT2D eigenvalue weighted by Gasteiger charge is 2.15. The van der Waals surface area contributed by atoms with Crippen LogP contribution in [-0.4, -0.2) is 28.2 Å². The number of carbonyl (C=O) groups is 1. The van der Waals surface area contributed by atoms with Crippen LogP contribution in [0.3, 0.4) is 0 Å². The number of nitrogens with one attached hydrogen (secondary N) is 2. The minimum absolute atomic E-state index is 0.210. The Morgan fingerprint density at radius 2 is 2.09 bits per heavy atom. The molecule has 1 unspecified atom stereocenters. The number of halogens is 2. The highest BCUT2D eigenvalue weighted by atomic mass is 19.3. The van der Waals surface area contributed by atoms with Crippen LogP contribution >= 0.6 is 0 Å². The van der Waals surface area contributed by atoms with E-state index < -0.39 is 19.0 Å². The second-order valence-electron chi connectivity index (χ2n) is 5.52. The van der Waals surface area contributed by atoms with Crippen LogP contribution in [0, 0.1) is 13.8 Å². The van der Waals surface area contributed by atoms with Gasteiger partial charge in [0.15, 0.2) is 0 Å². The second kappa shape index (κ2) is 7.21. The van der Waals surface area contributed by atoms with Gasteiger partial charge in [-0.05, 0) is 32.4 Å². The molecule has 124 valence electrons. The summed E-state index contributed by atoms with van der Waals surface area (Å²) in [6.07, 6.45) is 0.407. The average Bonchev–Trinajstić information content (AvgIpc) is 2.88. The van der Waals surface area contributed by atoms with Crippen LogP contribution in [0.5, 0.6) is 0 Å². The predicted octanol–water partition coefficient (Wildman–Crippen LogP) is 3.20. The van der Waals surface area contributed by atoms with E-state index >= 15 is 0 Å². The minimum atomic E-state index is -2.46. The number of benzene rings is 1. The van der Waals surface area contributed by atoms with Crippen molar-refractivity contribution in [2.45, 2.75) is 39.8 Å². The molecule has 0 aliphatic heterocycles. The maximum atomic E-state index is 12.3. The molecule has 0 spiro atoms. The summed E-state index contributed by atoms with van der Waals surface area (Å²) in [7, 11) is 0. The largest absolute Gasteiger partial charge is 0.371 e. The van der Waals surface area contributed by atoms with Crippen LogP contribution in [-0.2, 0) is 11.3 Å². The molecule has 2 N–H and O–H groups in total. The Morgan fingerprint density at radius 1 is 1.35 bits per heavy atom. The molecule has 0 bridgehead atoms. The summed E-state index contributed by atoms with van der Waals surface area (Å²) in [4.78, 5) is 12.2. The van der Waals surface area contributed by atoms with Gasteiger partial charge in [-0.3, -0.25) is 9.48 Å². The van der Waals surface area contributed by atoms with E-state index in [9.17, 15) is 13.6 Å². The maximum Gasteiger partial charge on any atom is 0.257 e. The standard InChI is InChI=1S/C16H20F2N4O/c1-10-4-5-14(11(2)6-10)21-16(23)12(3)20-13-7-19-22(8-13)9-15(17)18/h4-8,12,15,20H,9H2,1-3H3,(H,21,23). The van der Waals surface area contributed by atoms with E-state index in [1.807, 2.05) is 32.0 Å². The summed E-state index contributed by atoms with van der Waals surface area (Å²) < 4.78 is 25.7. The number of aryl methyl sites for hydroxylation is 2. The van der Waals surface area contributed by atoms with Crippen molar-refractivity contribution < 1.29 is 13.6 Å². The monoisotopic (exact) mass is 322 g/mol. The Bertz CT molecular complexity index is 684. The first-order valence-corrected chi connectivity index (χ1v) is 7.30. The number of hydrogen-bond donors (Lipinski definition) is 2. The van der Waals surface area contributed by atoms with Crippen LogP contribution in [0.4, 0.5) is 20.2 Å². The molecule has 1 atom stereocenters. The lowest BCUT2D eigenvalue weighted by Crippen LogP contribution is -2.32. The molecule has 0 saturated heterocycles.